The molecule has 0 spiro atoms. The summed E-state index contributed by atoms with van der Waals surface area (Å²) in [6.45, 7) is 5.38. The number of aromatic nitrogens is 1. The van der Waals surface area contributed by atoms with Crippen LogP contribution in [-0.2, 0) is 19.5 Å². The second-order valence-electron chi connectivity index (χ2n) is 6.03. The van der Waals surface area contributed by atoms with Gasteiger partial charge in [0.25, 0.3) is 0 Å². The van der Waals surface area contributed by atoms with Gasteiger partial charge in [-0.3, -0.25) is 4.98 Å². The predicted molar refractivity (Wildman–Crippen MR) is 94.7 cm³/mol. The van der Waals surface area contributed by atoms with E-state index in [9.17, 15) is 4.79 Å². The van der Waals surface area contributed by atoms with E-state index in [2.05, 4.69) is 15.6 Å². The Morgan fingerprint density at radius 3 is 2.96 bits per heavy atom. The normalized spacial score (nSPS) is 15.2. The third kappa shape index (κ3) is 4.41. The number of benzene rings is 1. The van der Waals surface area contributed by atoms with E-state index in [0.29, 0.717) is 19.7 Å². The molecular formula is C19H23N3O3. The number of rotatable bonds is 6. The molecular weight excluding hydrogens is 318 g/mol. The third-order valence-electron chi connectivity index (χ3n) is 3.99. The summed E-state index contributed by atoms with van der Waals surface area (Å²) in [6.07, 6.45) is 4.49. The first-order valence-corrected chi connectivity index (χ1v) is 8.51. The molecule has 1 unspecified atom stereocenters. The van der Waals surface area contributed by atoms with Crippen molar-refractivity contribution in [1.29, 1.82) is 0 Å². The van der Waals surface area contributed by atoms with E-state index >= 15 is 0 Å². The van der Waals surface area contributed by atoms with Crippen LogP contribution in [0.2, 0.25) is 0 Å². The minimum atomic E-state index is -0.235. The van der Waals surface area contributed by atoms with Crippen LogP contribution in [0.3, 0.4) is 0 Å². The van der Waals surface area contributed by atoms with Gasteiger partial charge in [-0.25, -0.2) is 4.79 Å². The summed E-state index contributed by atoms with van der Waals surface area (Å²) in [4.78, 5) is 16.1. The van der Waals surface area contributed by atoms with Crippen LogP contribution < -0.4 is 20.1 Å². The van der Waals surface area contributed by atoms with E-state index in [1.807, 2.05) is 38.1 Å². The maximum atomic E-state index is 12.0. The number of carbonyl (C=O) groups is 1. The molecule has 0 saturated carbocycles. The first-order chi connectivity index (χ1) is 12.2. The molecule has 2 aromatic rings. The molecule has 6 nitrogen and oxygen atoms in total. The van der Waals surface area contributed by atoms with E-state index in [0.717, 1.165) is 34.6 Å². The topological polar surface area (TPSA) is 72.5 Å². The van der Waals surface area contributed by atoms with Crippen molar-refractivity contribution >= 4 is 6.03 Å². The molecule has 1 aromatic heterocycles. The van der Waals surface area contributed by atoms with Crippen LogP contribution in [0.4, 0.5) is 4.79 Å². The molecule has 132 valence electrons. The zero-order valence-electron chi connectivity index (χ0n) is 14.5. The Kier molecular flexibility index (Phi) is 5.38. The molecule has 2 amide bonds. The summed E-state index contributed by atoms with van der Waals surface area (Å²) in [7, 11) is 0. The van der Waals surface area contributed by atoms with Crippen molar-refractivity contribution in [1.82, 2.24) is 15.6 Å². The van der Waals surface area contributed by atoms with Crippen LogP contribution >= 0.6 is 0 Å². The number of nitrogens with one attached hydrogen (secondary N) is 2. The van der Waals surface area contributed by atoms with Crippen molar-refractivity contribution in [3.8, 4) is 11.5 Å². The maximum absolute atomic E-state index is 12.0. The lowest BCUT2D eigenvalue weighted by Gasteiger charge is -2.14. The molecule has 3 rings (SSSR count). The summed E-state index contributed by atoms with van der Waals surface area (Å²) in [5.74, 6) is 1.68. The average molecular weight is 341 g/mol. The van der Waals surface area contributed by atoms with Crippen LogP contribution in [0.15, 0.2) is 36.7 Å². The number of ether oxygens (including phenoxy) is 2. The van der Waals surface area contributed by atoms with Gasteiger partial charge < -0.3 is 20.1 Å². The molecule has 0 aliphatic carbocycles. The zero-order valence-corrected chi connectivity index (χ0v) is 14.5. The lowest BCUT2D eigenvalue weighted by atomic mass is 10.1. The number of pyridine rings is 1. The lowest BCUT2D eigenvalue weighted by Crippen LogP contribution is -2.34. The fourth-order valence-electron chi connectivity index (χ4n) is 2.83. The van der Waals surface area contributed by atoms with Crippen molar-refractivity contribution in [2.45, 2.75) is 39.5 Å². The monoisotopic (exact) mass is 341 g/mol. The number of carbonyl (C=O) groups excluding carboxylic acids is 1. The number of amides is 2. The largest absolute Gasteiger partial charge is 0.494 e. The minimum absolute atomic E-state index is 0.176. The Bertz CT molecular complexity index is 734. The van der Waals surface area contributed by atoms with Crippen LogP contribution in [0.5, 0.6) is 11.5 Å². The van der Waals surface area contributed by atoms with Gasteiger partial charge in [-0.1, -0.05) is 6.07 Å². The molecule has 1 aliphatic rings. The number of urea groups is 1. The Morgan fingerprint density at radius 1 is 1.36 bits per heavy atom. The molecule has 2 heterocycles. The van der Waals surface area contributed by atoms with Crippen LogP contribution in [0, 0.1) is 0 Å². The smallest absolute Gasteiger partial charge is 0.315 e. The number of hydrogen-bond donors (Lipinski definition) is 2. The van der Waals surface area contributed by atoms with E-state index < -0.39 is 0 Å². The fourth-order valence-corrected chi connectivity index (χ4v) is 2.83. The van der Waals surface area contributed by atoms with Crippen molar-refractivity contribution in [2.75, 3.05) is 6.61 Å². The minimum Gasteiger partial charge on any atom is -0.494 e. The Morgan fingerprint density at radius 2 is 2.20 bits per heavy atom. The highest BCUT2D eigenvalue weighted by Crippen LogP contribution is 2.35. The zero-order chi connectivity index (χ0) is 17.6. The van der Waals surface area contributed by atoms with Gasteiger partial charge in [0.2, 0.25) is 0 Å². The van der Waals surface area contributed by atoms with Gasteiger partial charge in [0, 0.05) is 43.0 Å². The highest BCUT2D eigenvalue weighted by atomic mass is 16.5. The van der Waals surface area contributed by atoms with Gasteiger partial charge in [0.05, 0.1) is 6.61 Å². The predicted octanol–water partition coefficient (Wildman–Crippen LogP) is 2.80. The number of hydrogen-bond acceptors (Lipinski definition) is 4. The highest BCUT2D eigenvalue weighted by Gasteiger charge is 2.22. The van der Waals surface area contributed by atoms with Gasteiger partial charge in [0.1, 0.15) is 17.6 Å². The Balaban J connectivity index is 1.60. The van der Waals surface area contributed by atoms with Gasteiger partial charge >= 0.3 is 6.03 Å². The molecule has 1 atom stereocenters. The van der Waals surface area contributed by atoms with Crippen molar-refractivity contribution in [3.05, 3.63) is 53.3 Å². The Hall–Kier alpha value is -2.76. The SMILES string of the molecule is CCOc1cc2c(cc1CNC(=O)NCc1cccnc1)OC(C)C2. The van der Waals surface area contributed by atoms with E-state index in [1.54, 1.807) is 12.4 Å². The summed E-state index contributed by atoms with van der Waals surface area (Å²) in [6, 6.07) is 7.51. The third-order valence-corrected chi connectivity index (χ3v) is 3.99. The van der Waals surface area contributed by atoms with E-state index in [4.69, 9.17) is 9.47 Å². The molecule has 25 heavy (non-hydrogen) atoms. The molecule has 1 aromatic carbocycles. The Labute approximate surface area is 147 Å². The van der Waals surface area contributed by atoms with E-state index in [-0.39, 0.29) is 12.1 Å². The molecule has 1 aliphatic heterocycles. The van der Waals surface area contributed by atoms with Gasteiger partial charge in [-0.05, 0) is 37.6 Å². The quantitative estimate of drug-likeness (QED) is 0.847. The van der Waals surface area contributed by atoms with E-state index in [1.165, 1.54) is 0 Å². The second kappa shape index (κ2) is 7.88. The fraction of sp³-hybridized carbons (Fsp3) is 0.368. The number of fused-ring (bicyclic) bond motifs is 1. The summed E-state index contributed by atoms with van der Waals surface area (Å²) in [5.41, 5.74) is 3.01. The second-order valence-corrected chi connectivity index (χ2v) is 6.03. The van der Waals surface area contributed by atoms with Crippen molar-refractivity contribution < 1.29 is 14.3 Å². The lowest BCUT2D eigenvalue weighted by molar-refractivity contribution is 0.239. The summed E-state index contributed by atoms with van der Waals surface area (Å²) in [5, 5.41) is 5.68. The van der Waals surface area contributed by atoms with Gasteiger partial charge in [0.15, 0.2) is 0 Å². The average Bonchev–Trinajstić information content (AvgIpc) is 2.98. The first-order valence-electron chi connectivity index (χ1n) is 8.51. The van der Waals surface area contributed by atoms with Gasteiger partial charge in [-0.15, -0.1) is 0 Å². The molecule has 0 saturated heterocycles. The van der Waals surface area contributed by atoms with Crippen molar-refractivity contribution in [2.24, 2.45) is 0 Å². The molecule has 0 fully saturated rings. The molecule has 0 radical (unpaired) electrons. The molecule has 0 bridgehead atoms. The number of nitrogens with zero attached hydrogens (tertiary/aromatic N) is 1. The standard InChI is InChI=1S/C19H23N3O3/c1-3-24-17-8-15-7-13(2)25-18(15)9-16(17)12-22-19(23)21-11-14-5-4-6-20-10-14/h4-6,8-10,13H,3,7,11-12H2,1-2H3,(H2,21,22,23). The van der Waals surface area contributed by atoms with Crippen LogP contribution in [-0.4, -0.2) is 23.7 Å². The molecule has 6 heteroatoms. The maximum Gasteiger partial charge on any atom is 0.315 e. The van der Waals surface area contributed by atoms with Crippen molar-refractivity contribution in [3.63, 3.8) is 0 Å². The summed E-state index contributed by atoms with van der Waals surface area (Å²) >= 11 is 0. The summed E-state index contributed by atoms with van der Waals surface area (Å²) < 4.78 is 11.5. The molecule has 2 N–H and O–H groups in total. The highest BCUT2D eigenvalue weighted by molar-refractivity contribution is 5.74. The van der Waals surface area contributed by atoms with Gasteiger partial charge in [-0.2, -0.15) is 0 Å². The van der Waals surface area contributed by atoms with Crippen LogP contribution in [0.1, 0.15) is 30.5 Å². The van der Waals surface area contributed by atoms with Crippen LogP contribution in [0.25, 0.3) is 0 Å². The first kappa shape index (κ1) is 17.1.